The third-order valence-electron chi connectivity index (χ3n) is 4.80. The van der Waals surface area contributed by atoms with Crippen LogP contribution in [0.1, 0.15) is 81.0 Å². The van der Waals surface area contributed by atoms with Crippen LogP contribution in [0.5, 0.6) is 0 Å². The summed E-state index contributed by atoms with van der Waals surface area (Å²) in [5.74, 6) is 0.518. The molecule has 4 heteroatoms. The number of nitrogens with zero attached hydrogens (tertiary/aromatic N) is 2. The van der Waals surface area contributed by atoms with Gasteiger partial charge in [-0.3, -0.25) is 4.68 Å². The smallest absolute Gasteiger partial charge is 0.133 e. The predicted molar refractivity (Wildman–Crippen MR) is 76.5 cm³/mol. The molecule has 2 fully saturated rings. The average molecular weight is 283 g/mol. The van der Waals surface area contributed by atoms with E-state index in [0.29, 0.717) is 17.1 Å². The lowest BCUT2D eigenvalue weighted by atomic mass is 9.96. The molecule has 2 saturated carbocycles. The van der Waals surface area contributed by atoms with Gasteiger partial charge in [0.1, 0.15) is 5.15 Å². The van der Waals surface area contributed by atoms with E-state index in [1.54, 1.807) is 0 Å². The van der Waals surface area contributed by atoms with Crippen LogP contribution in [0.4, 0.5) is 0 Å². The highest BCUT2D eigenvalue weighted by molar-refractivity contribution is 6.30. The molecule has 0 aliphatic heterocycles. The zero-order valence-electron chi connectivity index (χ0n) is 11.4. The highest BCUT2D eigenvalue weighted by atomic mass is 35.5. The van der Waals surface area contributed by atoms with Gasteiger partial charge < -0.3 is 5.11 Å². The molecule has 1 aromatic rings. The summed E-state index contributed by atoms with van der Waals surface area (Å²) in [6, 6.07) is 0.446. The first-order chi connectivity index (χ1) is 9.31. The summed E-state index contributed by atoms with van der Waals surface area (Å²) >= 11 is 6.48. The molecule has 0 aromatic carbocycles. The monoisotopic (exact) mass is 282 g/mol. The Kier molecular flexibility index (Phi) is 4.13. The first kappa shape index (κ1) is 13.4. The van der Waals surface area contributed by atoms with Crippen molar-refractivity contribution in [1.82, 2.24) is 9.78 Å². The molecule has 0 atom stereocenters. The van der Waals surface area contributed by atoms with E-state index in [1.165, 1.54) is 57.8 Å². The third kappa shape index (κ3) is 2.55. The van der Waals surface area contributed by atoms with E-state index in [-0.39, 0.29) is 6.61 Å². The van der Waals surface area contributed by atoms with Crippen LogP contribution in [-0.4, -0.2) is 14.9 Å². The van der Waals surface area contributed by atoms with E-state index in [0.717, 1.165) is 11.3 Å². The minimum absolute atomic E-state index is 0.0252. The van der Waals surface area contributed by atoms with Crippen molar-refractivity contribution >= 4 is 11.6 Å². The molecule has 19 heavy (non-hydrogen) atoms. The van der Waals surface area contributed by atoms with Crippen LogP contribution in [0.3, 0.4) is 0 Å². The quantitative estimate of drug-likeness (QED) is 0.903. The summed E-state index contributed by atoms with van der Waals surface area (Å²) in [5.41, 5.74) is 1.97. The Labute approximate surface area is 120 Å². The Morgan fingerprint density at radius 3 is 2.32 bits per heavy atom. The van der Waals surface area contributed by atoms with Crippen molar-refractivity contribution < 1.29 is 5.11 Å². The van der Waals surface area contributed by atoms with Gasteiger partial charge in [-0.25, -0.2) is 0 Å². The van der Waals surface area contributed by atoms with E-state index >= 15 is 0 Å². The summed E-state index contributed by atoms with van der Waals surface area (Å²) in [7, 11) is 0. The first-order valence-corrected chi connectivity index (χ1v) is 8.06. The van der Waals surface area contributed by atoms with Crippen LogP contribution in [-0.2, 0) is 6.61 Å². The number of aliphatic hydroxyl groups excluding tert-OH is 1. The Morgan fingerprint density at radius 1 is 1.05 bits per heavy atom. The second-order valence-electron chi connectivity index (χ2n) is 6.03. The molecule has 106 valence electrons. The number of hydrogen-bond acceptors (Lipinski definition) is 2. The van der Waals surface area contributed by atoms with E-state index < -0.39 is 0 Å². The van der Waals surface area contributed by atoms with Crippen LogP contribution >= 0.6 is 11.6 Å². The van der Waals surface area contributed by atoms with Gasteiger partial charge in [0.25, 0.3) is 0 Å². The predicted octanol–water partition coefficient (Wildman–Crippen LogP) is 4.19. The highest BCUT2D eigenvalue weighted by Gasteiger charge is 2.28. The molecule has 3 nitrogen and oxygen atoms in total. The van der Waals surface area contributed by atoms with Crippen LogP contribution in [0, 0.1) is 0 Å². The van der Waals surface area contributed by atoms with Gasteiger partial charge in [-0.1, -0.05) is 43.7 Å². The fourth-order valence-corrected chi connectivity index (χ4v) is 4.04. The Balaban J connectivity index is 1.91. The lowest BCUT2D eigenvalue weighted by Gasteiger charge is -2.22. The minimum Gasteiger partial charge on any atom is -0.391 e. The van der Waals surface area contributed by atoms with Crippen molar-refractivity contribution in [2.24, 2.45) is 0 Å². The fraction of sp³-hybridized carbons (Fsp3) is 0.800. The normalized spacial score (nSPS) is 22.2. The molecule has 0 radical (unpaired) electrons. The molecule has 2 aliphatic carbocycles. The van der Waals surface area contributed by atoms with Crippen molar-refractivity contribution in [3.05, 3.63) is 16.4 Å². The molecule has 2 aliphatic rings. The number of halogens is 1. The molecular formula is C15H23ClN2O. The van der Waals surface area contributed by atoms with Crippen LogP contribution < -0.4 is 0 Å². The second kappa shape index (κ2) is 5.84. The molecule has 0 bridgehead atoms. The number of rotatable bonds is 3. The molecule has 0 unspecified atom stereocenters. The van der Waals surface area contributed by atoms with Crippen molar-refractivity contribution in [2.75, 3.05) is 0 Å². The number of aromatic nitrogens is 2. The molecule has 0 amide bonds. The van der Waals surface area contributed by atoms with E-state index in [4.69, 9.17) is 16.7 Å². The van der Waals surface area contributed by atoms with Gasteiger partial charge in [-0.2, -0.15) is 5.10 Å². The summed E-state index contributed by atoms with van der Waals surface area (Å²) in [5, 5.41) is 15.1. The molecule has 0 spiro atoms. The molecule has 1 N–H and O–H groups in total. The SMILES string of the molecule is OCc1c(C2CCCC2)nn(C2CCCCC2)c1Cl. The largest absolute Gasteiger partial charge is 0.391 e. The van der Waals surface area contributed by atoms with Gasteiger partial charge >= 0.3 is 0 Å². The maximum atomic E-state index is 9.63. The number of aliphatic hydroxyl groups is 1. The zero-order valence-corrected chi connectivity index (χ0v) is 12.2. The van der Waals surface area contributed by atoms with Crippen LogP contribution in [0.2, 0.25) is 5.15 Å². The lowest BCUT2D eigenvalue weighted by molar-refractivity contribution is 0.279. The van der Waals surface area contributed by atoms with E-state index in [2.05, 4.69) is 0 Å². The van der Waals surface area contributed by atoms with Crippen LogP contribution in [0.25, 0.3) is 0 Å². The van der Waals surface area contributed by atoms with Crippen molar-refractivity contribution in [3.63, 3.8) is 0 Å². The van der Waals surface area contributed by atoms with Gasteiger partial charge in [0, 0.05) is 11.5 Å². The Bertz CT molecular complexity index is 432. The standard InChI is InChI=1S/C15H23ClN2O/c16-15-13(10-19)14(11-6-4-5-7-11)17-18(15)12-8-2-1-3-9-12/h11-12,19H,1-10H2. The Hall–Kier alpha value is -0.540. The topological polar surface area (TPSA) is 38.1 Å². The van der Waals surface area contributed by atoms with Gasteiger partial charge in [-0.05, 0) is 25.7 Å². The van der Waals surface area contributed by atoms with E-state index in [9.17, 15) is 5.11 Å². The van der Waals surface area contributed by atoms with Gasteiger partial charge in [-0.15, -0.1) is 0 Å². The highest BCUT2D eigenvalue weighted by Crippen LogP contribution is 2.39. The molecular weight excluding hydrogens is 260 g/mol. The molecule has 1 aromatic heterocycles. The van der Waals surface area contributed by atoms with Crippen molar-refractivity contribution in [2.45, 2.75) is 76.4 Å². The summed E-state index contributed by atoms with van der Waals surface area (Å²) in [6.07, 6.45) is 11.2. The lowest BCUT2D eigenvalue weighted by Crippen LogP contribution is -2.14. The fourth-order valence-electron chi connectivity index (χ4n) is 3.71. The zero-order chi connectivity index (χ0) is 13.2. The van der Waals surface area contributed by atoms with Gasteiger partial charge in [0.05, 0.1) is 18.3 Å². The van der Waals surface area contributed by atoms with Gasteiger partial charge in [0.15, 0.2) is 0 Å². The molecule has 1 heterocycles. The van der Waals surface area contributed by atoms with Crippen molar-refractivity contribution in [3.8, 4) is 0 Å². The second-order valence-corrected chi connectivity index (χ2v) is 6.39. The minimum atomic E-state index is 0.0252. The Morgan fingerprint density at radius 2 is 1.68 bits per heavy atom. The van der Waals surface area contributed by atoms with Crippen LogP contribution in [0.15, 0.2) is 0 Å². The third-order valence-corrected chi connectivity index (χ3v) is 5.20. The average Bonchev–Trinajstić information content (AvgIpc) is 3.07. The summed E-state index contributed by atoms with van der Waals surface area (Å²) in [6.45, 7) is 0.0252. The van der Waals surface area contributed by atoms with E-state index in [1.807, 2.05) is 4.68 Å². The van der Waals surface area contributed by atoms with Crippen molar-refractivity contribution in [1.29, 1.82) is 0 Å². The maximum absolute atomic E-state index is 9.63. The van der Waals surface area contributed by atoms with Gasteiger partial charge in [0.2, 0.25) is 0 Å². The number of hydrogen-bond donors (Lipinski definition) is 1. The molecule has 3 rings (SSSR count). The maximum Gasteiger partial charge on any atom is 0.133 e. The summed E-state index contributed by atoms with van der Waals surface area (Å²) in [4.78, 5) is 0. The molecule has 0 saturated heterocycles. The summed E-state index contributed by atoms with van der Waals surface area (Å²) < 4.78 is 2.01. The first-order valence-electron chi connectivity index (χ1n) is 7.69.